The third-order valence-electron chi connectivity index (χ3n) is 7.25. The lowest BCUT2D eigenvalue weighted by atomic mass is 9.79. The lowest BCUT2D eigenvalue weighted by molar-refractivity contribution is -0.139. The van der Waals surface area contributed by atoms with Crippen LogP contribution in [0.1, 0.15) is 43.8 Å². The smallest absolute Gasteiger partial charge is 0.303 e. The van der Waals surface area contributed by atoms with Gasteiger partial charge in [0.2, 0.25) is 0 Å². The Morgan fingerprint density at radius 3 is 2.71 bits per heavy atom. The standard InChI is InChI=1S/C29H33F3N2O3S/c1-37-23-4-6-28-26(17-23)25(7-9-33-28)27(32)5-3-19-8-11-34(18-20(19)13-29(35)36)10-2-12-38-24-15-21(30)14-22(31)16-24/h4,6-7,9,14-17,19-20,27H,2-3,5,8,10-13,18H2,1H3,(H,35,36)/t19-,20+,27+/m1/s1. The van der Waals surface area contributed by atoms with E-state index >= 15 is 4.39 Å². The van der Waals surface area contributed by atoms with Crippen molar-refractivity contribution in [1.82, 2.24) is 9.88 Å². The second kappa shape index (κ2) is 13.3. The summed E-state index contributed by atoms with van der Waals surface area (Å²) in [6.45, 7) is 2.26. The third-order valence-corrected chi connectivity index (χ3v) is 8.31. The minimum absolute atomic E-state index is 0.0484. The summed E-state index contributed by atoms with van der Waals surface area (Å²) in [5.74, 6) is -0.568. The van der Waals surface area contributed by atoms with E-state index in [0.717, 1.165) is 37.4 Å². The van der Waals surface area contributed by atoms with Gasteiger partial charge in [-0.3, -0.25) is 9.78 Å². The van der Waals surface area contributed by atoms with Gasteiger partial charge >= 0.3 is 5.97 Å². The molecular weight excluding hydrogens is 513 g/mol. The van der Waals surface area contributed by atoms with Gasteiger partial charge in [0.15, 0.2) is 0 Å². The zero-order valence-corrected chi connectivity index (χ0v) is 22.2. The summed E-state index contributed by atoms with van der Waals surface area (Å²) in [6, 6.07) is 10.6. The predicted octanol–water partition coefficient (Wildman–Crippen LogP) is 6.91. The highest BCUT2D eigenvalue weighted by Gasteiger charge is 2.31. The maximum Gasteiger partial charge on any atom is 0.303 e. The number of nitrogens with zero attached hydrogens (tertiary/aromatic N) is 2. The predicted molar refractivity (Wildman–Crippen MR) is 143 cm³/mol. The van der Waals surface area contributed by atoms with Gasteiger partial charge < -0.3 is 14.7 Å². The Hall–Kier alpha value is -2.78. The number of aliphatic carboxylic acids is 1. The summed E-state index contributed by atoms with van der Waals surface area (Å²) in [4.78, 5) is 18.7. The van der Waals surface area contributed by atoms with Crippen molar-refractivity contribution in [3.63, 3.8) is 0 Å². The topological polar surface area (TPSA) is 62.7 Å². The third kappa shape index (κ3) is 7.63. The van der Waals surface area contributed by atoms with Crippen molar-refractivity contribution in [2.24, 2.45) is 11.8 Å². The molecular formula is C29H33F3N2O3S. The van der Waals surface area contributed by atoms with E-state index in [4.69, 9.17) is 4.74 Å². The maximum atomic E-state index is 15.5. The molecule has 1 N–H and O–H groups in total. The number of likely N-dealkylation sites (tertiary alicyclic amines) is 1. The molecule has 3 atom stereocenters. The minimum Gasteiger partial charge on any atom is -0.497 e. The molecule has 0 aliphatic carbocycles. The number of benzene rings is 2. The molecule has 38 heavy (non-hydrogen) atoms. The van der Waals surface area contributed by atoms with Crippen LogP contribution in [0, 0.1) is 23.5 Å². The first-order valence-electron chi connectivity index (χ1n) is 12.9. The lowest BCUT2D eigenvalue weighted by Gasteiger charge is -2.38. The molecule has 204 valence electrons. The molecule has 1 aliphatic rings. The van der Waals surface area contributed by atoms with E-state index in [9.17, 15) is 18.7 Å². The normalized spacial score (nSPS) is 18.9. The molecule has 9 heteroatoms. The molecule has 0 saturated carbocycles. The number of fused-ring (bicyclic) bond motifs is 1. The number of rotatable bonds is 12. The van der Waals surface area contributed by atoms with Gasteiger partial charge in [0.1, 0.15) is 23.6 Å². The average Bonchev–Trinajstić information content (AvgIpc) is 2.89. The van der Waals surface area contributed by atoms with Crippen molar-refractivity contribution < 1.29 is 27.8 Å². The number of alkyl halides is 1. The van der Waals surface area contributed by atoms with Crippen LogP contribution in [0.25, 0.3) is 10.9 Å². The highest BCUT2D eigenvalue weighted by Crippen LogP contribution is 2.36. The minimum atomic E-state index is -1.18. The zero-order valence-electron chi connectivity index (χ0n) is 21.4. The summed E-state index contributed by atoms with van der Waals surface area (Å²) in [6.07, 6.45) is 3.06. The van der Waals surface area contributed by atoms with Gasteiger partial charge in [-0.15, -0.1) is 11.8 Å². The molecule has 5 nitrogen and oxygen atoms in total. The van der Waals surface area contributed by atoms with Gasteiger partial charge in [0.05, 0.1) is 12.6 Å². The molecule has 4 rings (SSSR count). The molecule has 3 aromatic rings. The molecule has 0 bridgehead atoms. The van der Waals surface area contributed by atoms with Crippen LogP contribution in [-0.4, -0.2) is 53.5 Å². The Labute approximate surface area is 225 Å². The van der Waals surface area contributed by atoms with Gasteiger partial charge in [-0.05, 0) is 98.3 Å². The number of aromatic nitrogens is 1. The fraction of sp³-hybridized carbons (Fsp3) is 0.448. The largest absolute Gasteiger partial charge is 0.497 e. The van der Waals surface area contributed by atoms with Crippen LogP contribution < -0.4 is 4.74 Å². The Morgan fingerprint density at radius 1 is 1.18 bits per heavy atom. The quantitative estimate of drug-likeness (QED) is 0.197. The van der Waals surface area contributed by atoms with Crippen LogP contribution in [-0.2, 0) is 4.79 Å². The number of thioether (sulfide) groups is 1. The van der Waals surface area contributed by atoms with Crippen molar-refractivity contribution in [3.8, 4) is 5.75 Å². The number of carboxylic acids is 1. The molecule has 0 amide bonds. The second-order valence-corrected chi connectivity index (χ2v) is 11.0. The molecule has 0 radical (unpaired) electrons. The number of ether oxygens (including phenoxy) is 1. The van der Waals surface area contributed by atoms with Crippen LogP contribution in [0.3, 0.4) is 0 Å². The van der Waals surface area contributed by atoms with E-state index < -0.39 is 23.8 Å². The number of carbonyl (C=O) groups is 1. The van der Waals surface area contributed by atoms with Gasteiger partial charge in [0.25, 0.3) is 0 Å². The Kier molecular flexibility index (Phi) is 9.91. The highest BCUT2D eigenvalue weighted by molar-refractivity contribution is 7.99. The number of carboxylic acid groups (broad SMARTS) is 1. The van der Waals surface area contributed by atoms with Crippen LogP contribution in [0.4, 0.5) is 13.2 Å². The van der Waals surface area contributed by atoms with E-state index in [1.807, 2.05) is 6.07 Å². The maximum absolute atomic E-state index is 15.5. The van der Waals surface area contributed by atoms with E-state index in [-0.39, 0.29) is 18.3 Å². The van der Waals surface area contributed by atoms with Crippen LogP contribution in [0.15, 0.2) is 53.6 Å². The molecule has 0 spiro atoms. The Balaban J connectivity index is 1.31. The number of methoxy groups -OCH3 is 1. The summed E-state index contributed by atoms with van der Waals surface area (Å²) in [7, 11) is 1.57. The number of halogens is 3. The molecule has 1 saturated heterocycles. The monoisotopic (exact) mass is 546 g/mol. The molecule has 2 aromatic carbocycles. The van der Waals surface area contributed by atoms with Crippen molar-refractivity contribution in [1.29, 1.82) is 0 Å². The van der Waals surface area contributed by atoms with Crippen LogP contribution in [0.5, 0.6) is 5.75 Å². The van der Waals surface area contributed by atoms with Gasteiger partial charge in [-0.25, -0.2) is 13.2 Å². The number of hydrogen-bond donors (Lipinski definition) is 1. The number of piperidine rings is 1. The Bertz CT molecular complexity index is 1220. The average molecular weight is 547 g/mol. The van der Waals surface area contributed by atoms with Crippen molar-refractivity contribution >= 4 is 28.6 Å². The van der Waals surface area contributed by atoms with Crippen molar-refractivity contribution in [2.75, 3.05) is 32.5 Å². The van der Waals surface area contributed by atoms with Gasteiger partial charge in [-0.1, -0.05) is 0 Å². The summed E-state index contributed by atoms with van der Waals surface area (Å²) in [5, 5.41) is 10.2. The van der Waals surface area contributed by atoms with E-state index in [0.29, 0.717) is 46.9 Å². The first-order chi connectivity index (χ1) is 18.3. The fourth-order valence-corrected chi connectivity index (χ4v) is 6.25. The first kappa shape index (κ1) is 28.2. The SMILES string of the molecule is COc1ccc2nccc([C@@H](F)CC[C@@H]3CCN(CCCSc4cc(F)cc(F)c4)C[C@@H]3CC(=O)O)c2c1. The molecule has 1 aliphatic heterocycles. The summed E-state index contributed by atoms with van der Waals surface area (Å²) in [5.41, 5.74) is 1.29. The lowest BCUT2D eigenvalue weighted by Crippen LogP contribution is -2.42. The van der Waals surface area contributed by atoms with E-state index in [1.165, 1.54) is 23.9 Å². The van der Waals surface area contributed by atoms with Crippen LogP contribution in [0.2, 0.25) is 0 Å². The molecule has 2 heterocycles. The van der Waals surface area contributed by atoms with E-state index in [2.05, 4.69) is 9.88 Å². The summed E-state index contributed by atoms with van der Waals surface area (Å²) < 4.78 is 47.5. The van der Waals surface area contributed by atoms with Crippen LogP contribution >= 0.6 is 11.8 Å². The highest BCUT2D eigenvalue weighted by atomic mass is 32.2. The van der Waals surface area contributed by atoms with E-state index in [1.54, 1.807) is 31.5 Å². The number of hydrogen-bond acceptors (Lipinski definition) is 5. The van der Waals surface area contributed by atoms with Gasteiger partial charge in [-0.2, -0.15) is 0 Å². The summed E-state index contributed by atoms with van der Waals surface area (Å²) >= 11 is 1.41. The van der Waals surface area contributed by atoms with Crippen molar-refractivity contribution in [2.45, 2.75) is 43.2 Å². The number of pyridine rings is 1. The molecule has 0 unspecified atom stereocenters. The molecule has 1 fully saturated rings. The van der Waals surface area contributed by atoms with Gasteiger partial charge in [0, 0.05) is 35.5 Å². The first-order valence-corrected chi connectivity index (χ1v) is 13.9. The second-order valence-electron chi connectivity index (χ2n) is 9.84. The molecule has 1 aromatic heterocycles. The zero-order chi connectivity index (χ0) is 27.1. The fourth-order valence-electron chi connectivity index (χ4n) is 5.35. The Morgan fingerprint density at radius 2 is 1.97 bits per heavy atom. The van der Waals surface area contributed by atoms with Crippen molar-refractivity contribution in [3.05, 3.63) is 65.9 Å².